The van der Waals surface area contributed by atoms with Gasteiger partial charge in [-0.05, 0) is 46.3 Å². The monoisotopic (exact) mass is 353 g/mol. The molecule has 0 amide bonds. The third-order valence-electron chi connectivity index (χ3n) is 2.95. The Labute approximate surface area is 128 Å². The second-order valence-electron chi connectivity index (χ2n) is 4.24. The first-order valence-electron chi connectivity index (χ1n) is 6.04. The van der Waals surface area contributed by atoms with E-state index < -0.39 is 0 Å². The van der Waals surface area contributed by atoms with Gasteiger partial charge < -0.3 is 0 Å². The SMILES string of the molecule is Fc1ccc(-n2c(CCCl)nc3cccnc32)c(Br)c1. The van der Waals surface area contributed by atoms with Crippen molar-refractivity contribution in [2.45, 2.75) is 6.42 Å². The van der Waals surface area contributed by atoms with Gasteiger partial charge in [0.15, 0.2) is 5.65 Å². The van der Waals surface area contributed by atoms with E-state index in [0.29, 0.717) is 16.8 Å². The lowest BCUT2D eigenvalue weighted by atomic mass is 10.3. The van der Waals surface area contributed by atoms with Gasteiger partial charge >= 0.3 is 0 Å². The fraction of sp³-hybridized carbons (Fsp3) is 0.143. The van der Waals surface area contributed by atoms with Crippen LogP contribution in [0.5, 0.6) is 0 Å². The van der Waals surface area contributed by atoms with Crippen LogP contribution in [-0.4, -0.2) is 20.4 Å². The molecule has 3 aromatic rings. The van der Waals surface area contributed by atoms with E-state index in [0.717, 1.165) is 22.7 Å². The molecule has 0 saturated carbocycles. The van der Waals surface area contributed by atoms with Crippen LogP contribution in [0.4, 0.5) is 4.39 Å². The Kier molecular flexibility index (Phi) is 3.72. The second-order valence-corrected chi connectivity index (χ2v) is 5.48. The molecule has 20 heavy (non-hydrogen) atoms. The number of fused-ring (bicyclic) bond motifs is 1. The molecule has 0 saturated heterocycles. The van der Waals surface area contributed by atoms with E-state index in [1.807, 2.05) is 16.7 Å². The average molecular weight is 355 g/mol. The summed E-state index contributed by atoms with van der Waals surface area (Å²) >= 11 is 9.23. The summed E-state index contributed by atoms with van der Waals surface area (Å²) in [5, 5.41) is 0. The van der Waals surface area contributed by atoms with Crippen LogP contribution < -0.4 is 0 Å². The Balaban J connectivity index is 2.30. The van der Waals surface area contributed by atoms with E-state index >= 15 is 0 Å². The van der Waals surface area contributed by atoms with Gasteiger partial charge in [-0.15, -0.1) is 11.6 Å². The number of benzene rings is 1. The minimum atomic E-state index is -0.295. The third-order valence-corrected chi connectivity index (χ3v) is 3.78. The van der Waals surface area contributed by atoms with Gasteiger partial charge in [-0.25, -0.2) is 14.4 Å². The molecule has 0 unspecified atom stereocenters. The molecule has 3 rings (SSSR count). The summed E-state index contributed by atoms with van der Waals surface area (Å²) in [6.45, 7) is 0. The summed E-state index contributed by atoms with van der Waals surface area (Å²) in [5.74, 6) is 0.972. The van der Waals surface area contributed by atoms with Crippen molar-refractivity contribution in [3.63, 3.8) is 0 Å². The second kappa shape index (κ2) is 5.50. The highest BCUT2D eigenvalue weighted by Crippen LogP contribution is 2.27. The summed E-state index contributed by atoms with van der Waals surface area (Å²) in [5.41, 5.74) is 2.33. The van der Waals surface area contributed by atoms with Crippen LogP contribution in [0.3, 0.4) is 0 Å². The zero-order chi connectivity index (χ0) is 14.1. The maximum absolute atomic E-state index is 13.3. The van der Waals surface area contributed by atoms with Crippen molar-refractivity contribution in [2.75, 3.05) is 5.88 Å². The minimum absolute atomic E-state index is 0.295. The first-order valence-corrected chi connectivity index (χ1v) is 7.37. The van der Waals surface area contributed by atoms with Gasteiger partial charge in [0.2, 0.25) is 0 Å². The van der Waals surface area contributed by atoms with Gasteiger partial charge in [-0.1, -0.05) is 0 Å². The van der Waals surface area contributed by atoms with Crippen molar-refractivity contribution in [3.8, 4) is 5.69 Å². The fourth-order valence-electron chi connectivity index (χ4n) is 2.13. The molecule has 3 nitrogen and oxygen atoms in total. The van der Waals surface area contributed by atoms with Crippen LogP contribution in [0.25, 0.3) is 16.9 Å². The Morgan fingerprint density at radius 2 is 2.15 bits per heavy atom. The van der Waals surface area contributed by atoms with Gasteiger partial charge in [0.1, 0.15) is 17.2 Å². The number of pyridine rings is 1. The maximum atomic E-state index is 13.3. The number of halogens is 3. The van der Waals surface area contributed by atoms with Crippen LogP contribution >= 0.6 is 27.5 Å². The summed E-state index contributed by atoms with van der Waals surface area (Å²) in [6, 6.07) is 8.28. The Bertz CT molecular complexity index is 772. The van der Waals surface area contributed by atoms with Crippen LogP contribution in [0.1, 0.15) is 5.82 Å². The number of hydrogen-bond acceptors (Lipinski definition) is 2. The lowest BCUT2D eigenvalue weighted by molar-refractivity contribution is 0.626. The molecule has 0 aliphatic rings. The molecule has 0 aliphatic heterocycles. The number of rotatable bonds is 3. The van der Waals surface area contributed by atoms with Crippen molar-refractivity contribution >= 4 is 38.7 Å². The number of alkyl halides is 1. The molecule has 0 aliphatic carbocycles. The van der Waals surface area contributed by atoms with E-state index in [1.165, 1.54) is 12.1 Å². The summed E-state index contributed by atoms with van der Waals surface area (Å²) in [7, 11) is 0. The smallest absolute Gasteiger partial charge is 0.164 e. The Morgan fingerprint density at radius 1 is 1.30 bits per heavy atom. The largest absolute Gasteiger partial charge is 0.280 e. The molecule has 2 aromatic heterocycles. The molecule has 0 atom stereocenters. The molecule has 1 aromatic carbocycles. The quantitative estimate of drug-likeness (QED) is 0.663. The standard InChI is InChI=1S/C14H10BrClFN3/c15-10-8-9(17)3-4-12(10)20-13(5-6-16)19-11-2-1-7-18-14(11)20/h1-4,7-8H,5-6H2. The predicted octanol–water partition coefficient (Wildman–Crippen LogP) is 4.10. The van der Waals surface area contributed by atoms with Gasteiger partial charge in [-0.3, -0.25) is 4.57 Å². The molecule has 0 N–H and O–H groups in total. The van der Waals surface area contributed by atoms with Gasteiger partial charge in [-0.2, -0.15) is 0 Å². The fourth-order valence-corrected chi connectivity index (χ4v) is 2.82. The summed E-state index contributed by atoms with van der Waals surface area (Å²) in [6.07, 6.45) is 2.32. The normalized spacial score (nSPS) is 11.2. The molecule has 2 heterocycles. The van der Waals surface area contributed by atoms with Crippen molar-refractivity contribution in [1.82, 2.24) is 14.5 Å². The lowest BCUT2D eigenvalue weighted by Gasteiger charge is -2.10. The van der Waals surface area contributed by atoms with Crippen molar-refractivity contribution < 1.29 is 4.39 Å². The maximum Gasteiger partial charge on any atom is 0.164 e. The van der Waals surface area contributed by atoms with Crippen molar-refractivity contribution in [3.05, 3.63) is 52.6 Å². The van der Waals surface area contributed by atoms with E-state index in [-0.39, 0.29) is 5.82 Å². The highest BCUT2D eigenvalue weighted by Gasteiger charge is 2.15. The Hall–Kier alpha value is -1.46. The number of imidazole rings is 1. The van der Waals surface area contributed by atoms with Crippen LogP contribution in [0, 0.1) is 5.82 Å². The molecule has 102 valence electrons. The topological polar surface area (TPSA) is 30.7 Å². The van der Waals surface area contributed by atoms with Crippen LogP contribution in [-0.2, 0) is 6.42 Å². The third kappa shape index (κ3) is 2.31. The zero-order valence-corrected chi connectivity index (χ0v) is 12.7. The lowest BCUT2D eigenvalue weighted by Crippen LogP contribution is -2.04. The molecular formula is C14H10BrClFN3. The molecular weight excluding hydrogens is 345 g/mol. The molecule has 0 radical (unpaired) electrons. The summed E-state index contributed by atoms with van der Waals surface area (Å²) < 4.78 is 15.8. The van der Waals surface area contributed by atoms with E-state index in [4.69, 9.17) is 11.6 Å². The van der Waals surface area contributed by atoms with Crippen molar-refractivity contribution in [1.29, 1.82) is 0 Å². The number of hydrogen-bond donors (Lipinski definition) is 0. The molecule has 0 fully saturated rings. The van der Waals surface area contributed by atoms with E-state index in [9.17, 15) is 4.39 Å². The highest BCUT2D eigenvalue weighted by molar-refractivity contribution is 9.10. The minimum Gasteiger partial charge on any atom is -0.280 e. The van der Waals surface area contributed by atoms with Crippen LogP contribution in [0.2, 0.25) is 0 Å². The molecule has 0 spiro atoms. The summed E-state index contributed by atoms with van der Waals surface area (Å²) in [4.78, 5) is 8.91. The van der Waals surface area contributed by atoms with E-state index in [2.05, 4.69) is 25.9 Å². The predicted molar refractivity (Wildman–Crippen MR) is 80.9 cm³/mol. The number of aryl methyl sites for hydroxylation is 1. The molecule has 6 heteroatoms. The first kappa shape index (κ1) is 13.5. The van der Waals surface area contributed by atoms with Crippen LogP contribution in [0.15, 0.2) is 41.0 Å². The van der Waals surface area contributed by atoms with E-state index in [1.54, 1.807) is 12.3 Å². The first-order chi connectivity index (χ1) is 9.70. The van der Waals surface area contributed by atoms with Gasteiger partial charge in [0, 0.05) is 23.0 Å². The average Bonchev–Trinajstić information content (AvgIpc) is 2.78. The zero-order valence-electron chi connectivity index (χ0n) is 10.4. The van der Waals surface area contributed by atoms with Crippen molar-refractivity contribution in [2.24, 2.45) is 0 Å². The number of aromatic nitrogens is 3. The molecule has 0 bridgehead atoms. The highest BCUT2D eigenvalue weighted by atomic mass is 79.9. The number of nitrogens with zero attached hydrogens (tertiary/aromatic N) is 3. The van der Waals surface area contributed by atoms with Gasteiger partial charge in [0.05, 0.1) is 5.69 Å². The Morgan fingerprint density at radius 3 is 2.90 bits per heavy atom. The van der Waals surface area contributed by atoms with Gasteiger partial charge in [0.25, 0.3) is 0 Å².